The molecule has 1 aliphatic rings. The van der Waals surface area contributed by atoms with Crippen molar-refractivity contribution in [1.29, 1.82) is 0 Å². The summed E-state index contributed by atoms with van der Waals surface area (Å²) in [6.07, 6.45) is 0.459. The van der Waals surface area contributed by atoms with E-state index in [1.807, 2.05) is 62.1 Å². The lowest BCUT2D eigenvalue weighted by Crippen LogP contribution is -2.34. The van der Waals surface area contributed by atoms with Crippen LogP contribution in [0.5, 0.6) is 0 Å². The van der Waals surface area contributed by atoms with Crippen molar-refractivity contribution in [3.63, 3.8) is 0 Å². The summed E-state index contributed by atoms with van der Waals surface area (Å²) < 4.78 is 7.83. The Morgan fingerprint density at radius 2 is 1.62 bits per heavy atom. The first-order valence-corrected chi connectivity index (χ1v) is 11.1. The van der Waals surface area contributed by atoms with Gasteiger partial charge in [0.2, 0.25) is 5.91 Å². The number of nitrogens with zero attached hydrogens (tertiary/aromatic N) is 4. The molecule has 32 heavy (non-hydrogen) atoms. The Balaban J connectivity index is 1.92. The molecule has 1 amide bonds. The Kier molecular flexibility index (Phi) is 5.67. The van der Waals surface area contributed by atoms with Gasteiger partial charge >= 0.3 is 0 Å². The molecule has 0 atom stereocenters. The van der Waals surface area contributed by atoms with Gasteiger partial charge in [-0.15, -0.1) is 5.10 Å². The predicted molar refractivity (Wildman–Crippen MR) is 127 cm³/mol. The Morgan fingerprint density at radius 3 is 2.31 bits per heavy atom. The topological polar surface area (TPSA) is 60.2 Å². The molecule has 0 bridgehead atoms. The molecule has 0 unspecified atom stereocenters. The van der Waals surface area contributed by atoms with Crippen molar-refractivity contribution < 1.29 is 9.53 Å². The van der Waals surface area contributed by atoms with Crippen LogP contribution >= 0.6 is 0 Å². The number of ether oxygens (including phenoxy) is 1. The molecule has 2 aromatic carbocycles. The van der Waals surface area contributed by atoms with Crippen LogP contribution in [0.1, 0.15) is 53.5 Å². The fourth-order valence-electron chi connectivity index (χ4n) is 3.93. The van der Waals surface area contributed by atoms with Crippen molar-refractivity contribution in [2.45, 2.75) is 66.8 Å². The second-order valence-electron chi connectivity index (χ2n) is 10.6. The second kappa shape index (κ2) is 8.17. The van der Waals surface area contributed by atoms with Crippen LogP contribution in [0, 0.1) is 5.41 Å². The molecule has 0 fully saturated rings. The minimum Gasteiger partial charge on any atom is -0.354 e. The fourth-order valence-corrected chi connectivity index (χ4v) is 3.93. The van der Waals surface area contributed by atoms with E-state index in [0.717, 1.165) is 33.8 Å². The Bertz CT molecular complexity index is 1140. The highest BCUT2D eigenvalue weighted by Gasteiger charge is 2.30. The minimum absolute atomic E-state index is 0.105. The van der Waals surface area contributed by atoms with Gasteiger partial charge in [-0.2, -0.15) is 0 Å². The number of amides is 1. The number of carbonyl (C=O) groups is 1. The molecule has 6 nitrogen and oxygen atoms in total. The van der Waals surface area contributed by atoms with Crippen molar-refractivity contribution in [1.82, 2.24) is 15.0 Å². The molecule has 168 valence electrons. The Hall–Kier alpha value is -2.99. The maximum atomic E-state index is 13.5. The van der Waals surface area contributed by atoms with E-state index in [0.29, 0.717) is 13.0 Å². The summed E-state index contributed by atoms with van der Waals surface area (Å²) in [5, 5.41) is 9.01. The van der Waals surface area contributed by atoms with Gasteiger partial charge in [-0.05, 0) is 37.8 Å². The van der Waals surface area contributed by atoms with Crippen LogP contribution in [0.3, 0.4) is 0 Å². The molecule has 1 aliphatic heterocycles. The third-order valence-electron chi connectivity index (χ3n) is 5.39. The number of benzene rings is 2. The summed E-state index contributed by atoms with van der Waals surface area (Å²) in [5.74, 6) is 0.105. The van der Waals surface area contributed by atoms with Gasteiger partial charge in [0.1, 0.15) is 18.1 Å². The summed E-state index contributed by atoms with van der Waals surface area (Å²) in [6, 6.07) is 16.1. The molecule has 0 aliphatic carbocycles. The van der Waals surface area contributed by atoms with E-state index >= 15 is 0 Å². The van der Waals surface area contributed by atoms with Gasteiger partial charge in [0.25, 0.3) is 0 Å². The monoisotopic (exact) mass is 432 g/mol. The Morgan fingerprint density at radius 1 is 0.969 bits per heavy atom. The van der Waals surface area contributed by atoms with E-state index in [-0.39, 0.29) is 23.7 Å². The van der Waals surface area contributed by atoms with Crippen LogP contribution in [0.15, 0.2) is 48.5 Å². The van der Waals surface area contributed by atoms with Gasteiger partial charge in [-0.3, -0.25) is 4.79 Å². The molecular weight excluding hydrogens is 400 g/mol. The van der Waals surface area contributed by atoms with Crippen molar-refractivity contribution in [2.24, 2.45) is 5.41 Å². The first-order valence-electron chi connectivity index (χ1n) is 11.1. The first kappa shape index (κ1) is 22.2. The molecule has 0 N–H and O–H groups in total. The van der Waals surface area contributed by atoms with Crippen LogP contribution in [0.2, 0.25) is 0 Å². The lowest BCUT2D eigenvalue weighted by Gasteiger charge is -2.31. The number of hydrogen-bond acceptors (Lipinski definition) is 4. The fraction of sp³-hybridized carbons (Fsp3) is 0.423. The van der Waals surface area contributed by atoms with Gasteiger partial charge in [0, 0.05) is 17.5 Å². The van der Waals surface area contributed by atoms with Crippen LogP contribution < -0.4 is 4.90 Å². The maximum Gasteiger partial charge on any atom is 0.227 e. The number of fused-ring (bicyclic) bond motifs is 5. The number of para-hydroxylation sites is 1. The van der Waals surface area contributed by atoms with Crippen molar-refractivity contribution in [3.8, 4) is 22.5 Å². The SMILES string of the molecule is CC(C)(C)CC(=O)N1Cc2ccccc2-c2nnn(COC(C)(C)C)c2-c2ccccc21. The van der Waals surface area contributed by atoms with Gasteiger partial charge in [0.15, 0.2) is 0 Å². The van der Waals surface area contributed by atoms with E-state index in [2.05, 4.69) is 43.2 Å². The highest BCUT2D eigenvalue weighted by atomic mass is 16.5. The third kappa shape index (κ3) is 4.60. The van der Waals surface area contributed by atoms with E-state index in [9.17, 15) is 4.79 Å². The molecule has 4 rings (SSSR count). The van der Waals surface area contributed by atoms with Crippen LogP contribution in [0.4, 0.5) is 5.69 Å². The standard InChI is InChI=1S/C26H32N4O2/c1-25(2,3)15-22(31)29-16-18-11-7-8-12-19(18)23-24(20-13-9-10-14-21(20)29)30(28-27-23)17-32-26(4,5)6/h7-14H,15-17H2,1-6H3. The smallest absolute Gasteiger partial charge is 0.227 e. The molecule has 1 aromatic heterocycles. The largest absolute Gasteiger partial charge is 0.354 e. The molecule has 2 heterocycles. The summed E-state index contributed by atoms with van der Waals surface area (Å²) >= 11 is 0. The quantitative estimate of drug-likeness (QED) is 0.535. The average molecular weight is 433 g/mol. The number of carbonyl (C=O) groups excluding carboxylic acids is 1. The van der Waals surface area contributed by atoms with Crippen LogP contribution in [-0.2, 0) is 22.8 Å². The Labute approximate surface area is 190 Å². The van der Waals surface area contributed by atoms with E-state index in [1.165, 1.54) is 0 Å². The molecule has 0 spiro atoms. The van der Waals surface area contributed by atoms with Gasteiger partial charge < -0.3 is 9.64 Å². The highest BCUT2D eigenvalue weighted by Crippen LogP contribution is 2.41. The first-order chi connectivity index (χ1) is 15.0. The van der Waals surface area contributed by atoms with Crippen LogP contribution in [-0.4, -0.2) is 26.5 Å². The average Bonchev–Trinajstić information content (AvgIpc) is 3.11. The molecular formula is C26H32N4O2. The molecule has 0 radical (unpaired) electrons. The lowest BCUT2D eigenvalue weighted by atomic mass is 9.90. The number of aromatic nitrogens is 3. The summed E-state index contributed by atoms with van der Waals surface area (Å²) in [6.45, 7) is 13.1. The number of hydrogen-bond donors (Lipinski definition) is 0. The second-order valence-corrected chi connectivity index (χ2v) is 10.6. The van der Waals surface area contributed by atoms with Gasteiger partial charge in [0.05, 0.1) is 17.8 Å². The van der Waals surface area contributed by atoms with Crippen molar-refractivity contribution in [3.05, 3.63) is 54.1 Å². The predicted octanol–water partition coefficient (Wildman–Crippen LogP) is 5.67. The van der Waals surface area contributed by atoms with Gasteiger partial charge in [-0.25, -0.2) is 4.68 Å². The van der Waals surface area contributed by atoms with Gasteiger partial charge in [-0.1, -0.05) is 68.4 Å². The normalized spacial score (nSPS) is 13.6. The minimum atomic E-state index is -0.313. The zero-order valence-corrected chi connectivity index (χ0v) is 19.8. The zero-order valence-electron chi connectivity index (χ0n) is 19.8. The summed E-state index contributed by atoms with van der Waals surface area (Å²) in [5.41, 5.74) is 5.11. The molecule has 0 saturated heterocycles. The number of rotatable bonds is 3. The highest BCUT2D eigenvalue weighted by molar-refractivity contribution is 6.00. The molecule has 6 heteroatoms. The van der Waals surface area contributed by atoms with E-state index in [4.69, 9.17) is 4.74 Å². The number of anilines is 1. The third-order valence-corrected chi connectivity index (χ3v) is 5.39. The van der Waals surface area contributed by atoms with Crippen LogP contribution in [0.25, 0.3) is 22.5 Å². The summed E-state index contributed by atoms with van der Waals surface area (Å²) in [4.78, 5) is 15.4. The summed E-state index contributed by atoms with van der Waals surface area (Å²) in [7, 11) is 0. The zero-order chi connectivity index (χ0) is 23.1. The van der Waals surface area contributed by atoms with E-state index < -0.39 is 0 Å². The lowest BCUT2D eigenvalue weighted by molar-refractivity contribution is -0.120. The maximum absolute atomic E-state index is 13.5. The van der Waals surface area contributed by atoms with E-state index in [1.54, 1.807) is 4.68 Å². The molecule has 0 saturated carbocycles. The molecule has 3 aromatic rings. The van der Waals surface area contributed by atoms with Crippen molar-refractivity contribution in [2.75, 3.05) is 4.90 Å². The van der Waals surface area contributed by atoms with Crippen molar-refractivity contribution >= 4 is 11.6 Å².